The average molecular weight is 820 g/mol. The topological polar surface area (TPSA) is 40.5 Å². The van der Waals surface area contributed by atoms with Crippen LogP contribution in [0.2, 0.25) is 0 Å². The van der Waals surface area contributed by atoms with E-state index in [0.29, 0.717) is 13.2 Å². The van der Waals surface area contributed by atoms with Crippen LogP contribution in [0, 0.1) is 0 Å². The molecule has 0 fully saturated rings. The molecule has 0 spiro atoms. The summed E-state index contributed by atoms with van der Waals surface area (Å²) in [6, 6.07) is 0. The molecule has 0 aromatic heterocycles. The van der Waals surface area contributed by atoms with Crippen molar-refractivity contribution in [3.8, 4) is 0 Å². The van der Waals surface area contributed by atoms with Crippen LogP contribution in [0.25, 0.3) is 0 Å². The molecule has 0 aromatic rings. The van der Waals surface area contributed by atoms with Gasteiger partial charge in [-0.1, -0.05) is 334 Å². The zero-order valence-electron chi connectivity index (χ0n) is 40.5. The molecule has 0 aromatic carbocycles. The van der Waals surface area contributed by atoms with Gasteiger partial charge in [0.2, 0.25) is 0 Å². The van der Waals surface area contributed by atoms with Crippen LogP contribution in [0.15, 0.2) is 0 Å². The molecule has 2 N–H and O–H groups in total. The Hall–Kier alpha value is -0.0800. The van der Waals surface area contributed by atoms with E-state index in [1.54, 1.807) is 0 Å². The first kappa shape index (κ1) is 57.9. The first-order valence-corrected chi connectivity index (χ1v) is 28.1. The highest BCUT2D eigenvalue weighted by molar-refractivity contribution is 4.55. The van der Waals surface area contributed by atoms with Gasteiger partial charge in [-0.15, -0.1) is 0 Å². The molecule has 0 heterocycles. The molecule has 0 saturated heterocycles. The number of rotatable bonds is 55. The normalized spacial score (nSPS) is 11.7. The highest BCUT2D eigenvalue weighted by Gasteiger charge is 1.99. The van der Waals surface area contributed by atoms with Crippen LogP contribution in [-0.2, 0) is 0 Å². The summed E-state index contributed by atoms with van der Waals surface area (Å²) in [7, 11) is 0. The maximum atomic E-state index is 8.82. The van der Waals surface area contributed by atoms with Gasteiger partial charge in [0.05, 0.1) is 0 Å². The van der Waals surface area contributed by atoms with Crippen LogP contribution < -0.4 is 0 Å². The van der Waals surface area contributed by atoms with Crippen LogP contribution in [0.5, 0.6) is 0 Å². The maximum absolute atomic E-state index is 8.82. The van der Waals surface area contributed by atoms with E-state index >= 15 is 0 Å². The summed E-state index contributed by atoms with van der Waals surface area (Å²) in [4.78, 5) is 0. The molecule has 2 nitrogen and oxygen atoms in total. The second-order valence-corrected chi connectivity index (χ2v) is 19.5. The van der Waals surface area contributed by atoms with E-state index in [9.17, 15) is 0 Å². The van der Waals surface area contributed by atoms with E-state index in [-0.39, 0.29) is 0 Å². The quantitative estimate of drug-likeness (QED) is 0.0600. The molecule has 58 heavy (non-hydrogen) atoms. The minimum Gasteiger partial charge on any atom is -0.396 e. The molecule has 0 radical (unpaired) electrons. The molecule has 0 aliphatic carbocycles. The van der Waals surface area contributed by atoms with Crippen molar-refractivity contribution in [1.29, 1.82) is 0 Å². The van der Waals surface area contributed by atoms with E-state index in [2.05, 4.69) is 0 Å². The fourth-order valence-electron chi connectivity index (χ4n) is 9.42. The Morgan fingerprint density at radius 2 is 0.138 bits per heavy atom. The number of aliphatic hydroxyl groups excluding tert-OH is 2. The fraction of sp³-hybridized carbons (Fsp3) is 1.00. The number of unbranched alkanes of at least 4 members (excludes halogenated alkanes) is 53. The Balaban J connectivity index is 3.05. The van der Waals surface area contributed by atoms with Crippen molar-refractivity contribution >= 4 is 0 Å². The van der Waals surface area contributed by atoms with Gasteiger partial charge in [0.25, 0.3) is 0 Å². The molecule has 0 rings (SSSR count). The zero-order valence-corrected chi connectivity index (χ0v) is 40.5. The molecule has 0 aliphatic rings. The Kier molecular flexibility index (Phi) is 56.8. The molecular formula is C56H114O2. The number of hydrogen-bond donors (Lipinski definition) is 2. The smallest absolute Gasteiger partial charge is 0.0431 e. The van der Waals surface area contributed by atoms with Crippen molar-refractivity contribution in [2.24, 2.45) is 0 Å². The lowest BCUT2D eigenvalue weighted by molar-refractivity contribution is 0.282. The molecule has 0 atom stereocenters. The van der Waals surface area contributed by atoms with Gasteiger partial charge >= 0.3 is 0 Å². The lowest BCUT2D eigenvalue weighted by atomic mass is 10.0. The van der Waals surface area contributed by atoms with E-state index < -0.39 is 0 Å². The third-order valence-corrected chi connectivity index (χ3v) is 13.6. The maximum Gasteiger partial charge on any atom is 0.0431 e. The predicted octanol–water partition coefficient (Wildman–Crippen LogP) is 20.0. The van der Waals surface area contributed by atoms with Crippen molar-refractivity contribution < 1.29 is 10.2 Å². The molecule has 0 amide bonds. The standard InChI is InChI=1S/C56H114O2/c57-55-53-51-49-47-45-43-41-39-37-35-33-31-29-27-25-23-21-19-17-15-13-11-9-7-5-3-1-2-4-6-8-10-12-14-16-18-20-22-24-26-28-30-32-34-36-38-40-42-44-46-48-50-52-54-56-58/h57-58H,1-56H2. The molecule has 0 unspecified atom stereocenters. The Labute approximate surface area is 368 Å². The zero-order chi connectivity index (χ0) is 41.6. The van der Waals surface area contributed by atoms with Crippen molar-refractivity contribution in [3.63, 3.8) is 0 Å². The van der Waals surface area contributed by atoms with Crippen LogP contribution >= 0.6 is 0 Å². The van der Waals surface area contributed by atoms with Crippen molar-refractivity contribution in [2.45, 2.75) is 347 Å². The highest BCUT2D eigenvalue weighted by atomic mass is 16.3. The molecule has 2 heteroatoms. The Morgan fingerprint density at radius 3 is 0.190 bits per heavy atom. The minimum absolute atomic E-state index is 0.374. The third kappa shape index (κ3) is 55.9. The minimum atomic E-state index is 0.374. The van der Waals surface area contributed by atoms with Gasteiger partial charge < -0.3 is 10.2 Å². The predicted molar refractivity (Wildman–Crippen MR) is 263 cm³/mol. The summed E-state index contributed by atoms with van der Waals surface area (Å²) in [6.45, 7) is 0.747. The van der Waals surface area contributed by atoms with Crippen molar-refractivity contribution in [1.82, 2.24) is 0 Å². The second kappa shape index (κ2) is 56.9. The lowest BCUT2D eigenvalue weighted by Crippen LogP contribution is -1.85. The van der Waals surface area contributed by atoms with Crippen molar-refractivity contribution in [3.05, 3.63) is 0 Å². The first-order chi connectivity index (χ1) is 28.9. The molecule has 350 valence electrons. The summed E-state index contributed by atoms with van der Waals surface area (Å²) in [5.74, 6) is 0. The highest BCUT2D eigenvalue weighted by Crippen LogP contribution is 2.19. The van der Waals surface area contributed by atoms with Crippen LogP contribution in [0.4, 0.5) is 0 Å². The summed E-state index contributed by atoms with van der Waals surface area (Å²) in [6.07, 6.45) is 77.6. The van der Waals surface area contributed by atoms with Crippen LogP contribution in [-0.4, -0.2) is 23.4 Å². The van der Waals surface area contributed by atoms with E-state index in [1.807, 2.05) is 0 Å². The van der Waals surface area contributed by atoms with E-state index in [4.69, 9.17) is 10.2 Å². The second-order valence-electron chi connectivity index (χ2n) is 19.5. The van der Waals surface area contributed by atoms with Crippen LogP contribution in [0.1, 0.15) is 347 Å². The lowest BCUT2D eigenvalue weighted by Gasteiger charge is -2.05. The molecular weight excluding hydrogens is 705 g/mol. The van der Waals surface area contributed by atoms with Gasteiger partial charge in [0.15, 0.2) is 0 Å². The Morgan fingerprint density at radius 1 is 0.0862 bits per heavy atom. The summed E-state index contributed by atoms with van der Waals surface area (Å²) < 4.78 is 0. The summed E-state index contributed by atoms with van der Waals surface area (Å²) >= 11 is 0. The van der Waals surface area contributed by atoms with Gasteiger partial charge in [0.1, 0.15) is 0 Å². The SMILES string of the molecule is OCCCCCCCCCCCCCCCCCCCCCCCCCCCCCCCCCCCCCCCCCCCCCCCCCCCCCCCCO. The summed E-state index contributed by atoms with van der Waals surface area (Å²) in [5.41, 5.74) is 0. The fourth-order valence-corrected chi connectivity index (χ4v) is 9.42. The Bertz CT molecular complexity index is 607. The van der Waals surface area contributed by atoms with Gasteiger partial charge in [-0.25, -0.2) is 0 Å². The van der Waals surface area contributed by atoms with Gasteiger partial charge in [0, 0.05) is 13.2 Å². The van der Waals surface area contributed by atoms with Crippen molar-refractivity contribution in [2.75, 3.05) is 13.2 Å². The first-order valence-electron chi connectivity index (χ1n) is 28.1. The van der Waals surface area contributed by atoms with Crippen LogP contribution in [0.3, 0.4) is 0 Å². The third-order valence-electron chi connectivity index (χ3n) is 13.6. The van der Waals surface area contributed by atoms with Gasteiger partial charge in [-0.05, 0) is 12.8 Å². The number of hydrogen-bond acceptors (Lipinski definition) is 2. The van der Waals surface area contributed by atoms with Gasteiger partial charge in [-0.3, -0.25) is 0 Å². The van der Waals surface area contributed by atoms with E-state index in [0.717, 1.165) is 12.8 Å². The average Bonchev–Trinajstić information content (AvgIpc) is 3.23. The largest absolute Gasteiger partial charge is 0.396 e. The molecule has 0 saturated carbocycles. The monoisotopic (exact) mass is 819 g/mol. The number of aliphatic hydroxyl groups is 2. The van der Waals surface area contributed by atoms with E-state index in [1.165, 1.54) is 334 Å². The summed E-state index contributed by atoms with van der Waals surface area (Å²) in [5, 5.41) is 17.6. The molecule has 0 aliphatic heterocycles. The molecule has 0 bridgehead atoms. The van der Waals surface area contributed by atoms with Gasteiger partial charge in [-0.2, -0.15) is 0 Å².